The lowest BCUT2D eigenvalue weighted by Crippen LogP contribution is -2.10. The van der Waals surface area contributed by atoms with Crippen LogP contribution in [0.15, 0.2) is 34.9 Å². The molecule has 0 fully saturated rings. The van der Waals surface area contributed by atoms with Crippen LogP contribution >= 0.6 is 0 Å². The molecule has 1 amide bonds. The van der Waals surface area contributed by atoms with Crippen LogP contribution in [0.4, 0.5) is 10.5 Å². The normalized spacial score (nSPS) is 9.95. The van der Waals surface area contributed by atoms with E-state index < -0.39 is 12.1 Å². The van der Waals surface area contributed by atoms with Crippen LogP contribution < -0.4 is 5.32 Å². The van der Waals surface area contributed by atoms with Gasteiger partial charge >= 0.3 is 12.1 Å². The molecule has 1 aromatic carbocycles. The predicted molar refractivity (Wildman–Crippen MR) is 64.9 cm³/mol. The Morgan fingerprint density at radius 3 is 2.53 bits per heavy atom. The third-order valence-corrected chi connectivity index (χ3v) is 2.33. The Balaban J connectivity index is 2.17. The van der Waals surface area contributed by atoms with E-state index >= 15 is 0 Å². The molecule has 1 heterocycles. The lowest BCUT2D eigenvalue weighted by atomic mass is 10.1. The van der Waals surface area contributed by atoms with E-state index in [-0.39, 0.29) is 5.76 Å². The first-order valence-corrected chi connectivity index (χ1v) is 5.25. The van der Waals surface area contributed by atoms with Crippen LogP contribution in [0.1, 0.15) is 10.6 Å². The highest BCUT2D eigenvalue weighted by Crippen LogP contribution is 2.21. The first-order chi connectivity index (χ1) is 9.10. The third kappa shape index (κ3) is 2.89. The van der Waals surface area contributed by atoms with E-state index in [1.165, 1.54) is 13.2 Å². The Kier molecular flexibility index (Phi) is 3.46. The molecule has 19 heavy (non-hydrogen) atoms. The molecule has 0 saturated heterocycles. The van der Waals surface area contributed by atoms with Gasteiger partial charge in [0, 0.05) is 17.3 Å². The van der Waals surface area contributed by atoms with E-state index in [0.29, 0.717) is 16.9 Å². The SMILES string of the molecule is COC(=O)Nc1ccc(-c2cc(C(=O)O)on2)cc1. The van der Waals surface area contributed by atoms with Crippen LogP contribution in [0, 0.1) is 0 Å². The summed E-state index contributed by atoms with van der Waals surface area (Å²) in [5.74, 6) is -1.41. The van der Waals surface area contributed by atoms with Gasteiger partial charge in [-0.25, -0.2) is 9.59 Å². The Hall–Kier alpha value is -2.83. The number of amides is 1. The number of hydrogen-bond acceptors (Lipinski definition) is 5. The van der Waals surface area contributed by atoms with Gasteiger partial charge in [0.05, 0.1) is 7.11 Å². The predicted octanol–water partition coefficient (Wildman–Crippen LogP) is 2.22. The number of hydrogen-bond donors (Lipinski definition) is 2. The maximum absolute atomic E-state index is 11.0. The van der Waals surface area contributed by atoms with Crippen molar-refractivity contribution >= 4 is 17.7 Å². The second-order valence-corrected chi connectivity index (χ2v) is 3.58. The highest BCUT2D eigenvalue weighted by atomic mass is 16.5. The molecule has 0 unspecified atom stereocenters. The fraction of sp³-hybridized carbons (Fsp3) is 0.0833. The fourth-order valence-electron chi connectivity index (χ4n) is 1.41. The molecule has 0 aliphatic heterocycles. The standard InChI is InChI=1S/C12H10N2O5/c1-18-12(17)13-8-4-2-7(3-5-8)9-6-10(11(15)16)19-14-9/h2-6H,1H3,(H,13,17)(H,15,16). The third-order valence-electron chi connectivity index (χ3n) is 2.33. The van der Waals surface area contributed by atoms with Gasteiger partial charge in [-0.3, -0.25) is 5.32 Å². The molecule has 7 heteroatoms. The van der Waals surface area contributed by atoms with E-state index in [4.69, 9.17) is 5.11 Å². The van der Waals surface area contributed by atoms with Crippen molar-refractivity contribution in [1.29, 1.82) is 0 Å². The van der Waals surface area contributed by atoms with Crippen molar-refractivity contribution in [1.82, 2.24) is 5.16 Å². The quantitative estimate of drug-likeness (QED) is 0.879. The molecule has 0 radical (unpaired) electrons. The van der Waals surface area contributed by atoms with E-state index in [2.05, 4.69) is 19.7 Å². The van der Waals surface area contributed by atoms with Gasteiger partial charge in [-0.05, 0) is 12.1 Å². The number of nitrogens with zero attached hydrogens (tertiary/aromatic N) is 1. The molecular weight excluding hydrogens is 252 g/mol. The molecule has 7 nitrogen and oxygen atoms in total. The zero-order valence-corrected chi connectivity index (χ0v) is 9.91. The molecule has 0 bridgehead atoms. The Morgan fingerprint density at radius 1 is 1.32 bits per heavy atom. The summed E-state index contributed by atoms with van der Waals surface area (Å²) in [7, 11) is 1.27. The topological polar surface area (TPSA) is 102 Å². The van der Waals surface area contributed by atoms with Crippen molar-refractivity contribution in [3.63, 3.8) is 0 Å². The molecule has 0 aliphatic rings. The fourth-order valence-corrected chi connectivity index (χ4v) is 1.41. The van der Waals surface area contributed by atoms with Gasteiger partial charge in [-0.15, -0.1) is 0 Å². The number of rotatable bonds is 3. The minimum atomic E-state index is -1.18. The van der Waals surface area contributed by atoms with Crippen LogP contribution in [0.25, 0.3) is 11.3 Å². The summed E-state index contributed by atoms with van der Waals surface area (Å²) in [6.07, 6.45) is -0.567. The average molecular weight is 262 g/mol. The number of carbonyl (C=O) groups excluding carboxylic acids is 1. The second-order valence-electron chi connectivity index (χ2n) is 3.58. The van der Waals surface area contributed by atoms with E-state index in [1.54, 1.807) is 24.3 Å². The van der Waals surface area contributed by atoms with Crippen molar-refractivity contribution in [2.24, 2.45) is 0 Å². The summed E-state index contributed by atoms with van der Waals surface area (Å²) in [5.41, 5.74) is 1.63. The molecule has 2 rings (SSSR count). The van der Waals surface area contributed by atoms with Crippen molar-refractivity contribution in [3.05, 3.63) is 36.1 Å². The molecular formula is C12H10N2O5. The van der Waals surface area contributed by atoms with Crippen LogP contribution in [0.3, 0.4) is 0 Å². The largest absolute Gasteiger partial charge is 0.475 e. The van der Waals surface area contributed by atoms with Gasteiger partial charge in [-0.2, -0.15) is 0 Å². The second kappa shape index (κ2) is 5.21. The van der Waals surface area contributed by atoms with Crippen molar-refractivity contribution in [2.45, 2.75) is 0 Å². The number of aromatic nitrogens is 1. The number of benzene rings is 1. The summed E-state index contributed by atoms with van der Waals surface area (Å²) in [6.45, 7) is 0. The monoisotopic (exact) mass is 262 g/mol. The zero-order valence-electron chi connectivity index (χ0n) is 9.91. The van der Waals surface area contributed by atoms with E-state index in [1.807, 2.05) is 0 Å². The summed E-state index contributed by atoms with van der Waals surface area (Å²) >= 11 is 0. The Bertz CT molecular complexity index is 603. The number of carboxylic acid groups (broad SMARTS) is 1. The van der Waals surface area contributed by atoms with Gasteiger partial charge < -0.3 is 14.4 Å². The zero-order chi connectivity index (χ0) is 13.8. The molecule has 2 N–H and O–H groups in total. The lowest BCUT2D eigenvalue weighted by molar-refractivity contribution is 0.0652. The van der Waals surface area contributed by atoms with Crippen LogP contribution in [-0.4, -0.2) is 29.4 Å². The molecule has 1 aromatic heterocycles. The van der Waals surface area contributed by atoms with Gasteiger partial charge in [-0.1, -0.05) is 17.3 Å². The highest BCUT2D eigenvalue weighted by molar-refractivity contribution is 5.86. The molecule has 98 valence electrons. The highest BCUT2D eigenvalue weighted by Gasteiger charge is 2.12. The van der Waals surface area contributed by atoms with Crippen LogP contribution in [-0.2, 0) is 4.74 Å². The minimum absolute atomic E-state index is 0.230. The maximum atomic E-state index is 11.0. The number of aromatic carboxylic acids is 1. The molecule has 0 aliphatic carbocycles. The maximum Gasteiger partial charge on any atom is 0.411 e. The number of methoxy groups -OCH3 is 1. The van der Waals surface area contributed by atoms with Crippen molar-refractivity contribution in [2.75, 3.05) is 12.4 Å². The number of carboxylic acids is 1. The smallest absolute Gasteiger partial charge is 0.411 e. The Morgan fingerprint density at radius 2 is 2.00 bits per heavy atom. The summed E-state index contributed by atoms with van der Waals surface area (Å²) in [6, 6.07) is 7.96. The van der Waals surface area contributed by atoms with Gasteiger partial charge in [0.15, 0.2) is 0 Å². The number of carbonyl (C=O) groups is 2. The first-order valence-electron chi connectivity index (χ1n) is 5.25. The van der Waals surface area contributed by atoms with Crippen LogP contribution in [0.5, 0.6) is 0 Å². The van der Waals surface area contributed by atoms with Crippen molar-refractivity contribution in [3.8, 4) is 11.3 Å². The molecule has 0 spiro atoms. The number of ether oxygens (including phenoxy) is 1. The van der Waals surface area contributed by atoms with E-state index in [0.717, 1.165) is 0 Å². The van der Waals surface area contributed by atoms with Crippen molar-refractivity contribution < 1.29 is 24.0 Å². The lowest BCUT2D eigenvalue weighted by Gasteiger charge is -2.03. The molecule has 0 atom stereocenters. The summed E-state index contributed by atoms with van der Waals surface area (Å²) in [5, 5.41) is 14.9. The average Bonchev–Trinajstić information content (AvgIpc) is 2.89. The van der Waals surface area contributed by atoms with Crippen LogP contribution in [0.2, 0.25) is 0 Å². The van der Waals surface area contributed by atoms with Gasteiger partial charge in [0.25, 0.3) is 0 Å². The Labute approximate surface area is 107 Å². The number of nitrogens with one attached hydrogen (secondary N) is 1. The van der Waals surface area contributed by atoms with Gasteiger partial charge in [0.1, 0.15) is 5.69 Å². The van der Waals surface area contributed by atoms with Gasteiger partial charge in [0.2, 0.25) is 5.76 Å². The number of anilines is 1. The summed E-state index contributed by atoms with van der Waals surface area (Å²) in [4.78, 5) is 21.6. The molecule has 2 aromatic rings. The van der Waals surface area contributed by atoms with E-state index in [9.17, 15) is 9.59 Å². The molecule has 0 saturated carbocycles. The summed E-state index contributed by atoms with van der Waals surface area (Å²) < 4.78 is 9.11. The minimum Gasteiger partial charge on any atom is -0.475 e. The first kappa shape index (κ1) is 12.6.